The number of likely N-dealkylation sites (tertiary alicyclic amines) is 1. The van der Waals surface area contributed by atoms with Gasteiger partial charge in [0, 0.05) is 6.54 Å². The Morgan fingerprint density at radius 2 is 1.79 bits per heavy atom. The molecule has 2 unspecified atom stereocenters. The van der Waals surface area contributed by atoms with Crippen molar-refractivity contribution in [2.24, 2.45) is 5.73 Å². The van der Waals surface area contributed by atoms with Crippen LogP contribution in [0.3, 0.4) is 0 Å². The second-order valence-electron chi connectivity index (χ2n) is 8.32. The van der Waals surface area contributed by atoms with Crippen molar-refractivity contribution < 1.29 is 28.7 Å². The Kier molecular flexibility index (Phi) is 9.24. The molecule has 2 atom stereocenters. The Hall–Kier alpha value is -2.71. The molecule has 2 amide bonds. The highest BCUT2D eigenvalue weighted by Gasteiger charge is 2.38. The van der Waals surface area contributed by atoms with Gasteiger partial charge < -0.3 is 30.5 Å². The summed E-state index contributed by atoms with van der Waals surface area (Å²) in [5.74, 6) is -1.25. The van der Waals surface area contributed by atoms with Crippen LogP contribution >= 0.6 is 7.60 Å². The minimum atomic E-state index is -4.55. The summed E-state index contributed by atoms with van der Waals surface area (Å²) in [4.78, 5) is 47.3. The molecule has 184 valence electrons. The number of hydrogen-bond acceptors (Lipinski definition) is 5. The van der Waals surface area contributed by atoms with Crippen LogP contribution in [0.15, 0.2) is 54.6 Å². The number of rotatable bonds is 11. The van der Waals surface area contributed by atoms with Gasteiger partial charge in [-0.2, -0.15) is 0 Å². The lowest BCUT2D eigenvalue weighted by atomic mass is 10.1. The van der Waals surface area contributed by atoms with Crippen molar-refractivity contribution >= 4 is 19.4 Å². The Labute approximate surface area is 199 Å². The molecule has 0 aliphatic carbocycles. The van der Waals surface area contributed by atoms with Gasteiger partial charge in [0.2, 0.25) is 5.91 Å². The lowest BCUT2D eigenvalue weighted by molar-refractivity contribution is -0.125. The molecule has 0 aromatic heterocycles. The van der Waals surface area contributed by atoms with Crippen molar-refractivity contribution in [3.05, 3.63) is 60.2 Å². The van der Waals surface area contributed by atoms with E-state index in [0.29, 0.717) is 49.4 Å². The number of nitrogens with one attached hydrogen (secondary N) is 1. The Morgan fingerprint density at radius 1 is 1.09 bits per heavy atom. The minimum absolute atomic E-state index is 0.143. The number of nitrogens with two attached hydrogens (primary N) is 1. The fourth-order valence-corrected chi connectivity index (χ4v) is 4.84. The number of carbonyl (C=O) groups is 2. The van der Waals surface area contributed by atoms with Crippen molar-refractivity contribution in [1.29, 1.82) is 0 Å². The lowest BCUT2D eigenvalue weighted by Gasteiger charge is -2.27. The topological polar surface area (TPSA) is 142 Å². The highest BCUT2D eigenvalue weighted by molar-refractivity contribution is 7.52. The van der Waals surface area contributed by atoms with E-state index in [1.54, 1.807) is 36.4 Å². The van der Waals surface area contributed by atoms with Crippen LogP contribution in [0.25, 0.3) is 0 Å². The molecule has 2 aromatic rings. The first kappa shape index (κ1) is 25.9. The number of hydrogen-bond donors (Lipinski definition) is 4. The molecule has 5 N–H and O–H groups in total. The molecule has 2 aromatic carbocycles. The Bertz CT molecular complexity index is 1010. The van der Waals surface area contributed by atoms with Gasteiger partial charge in [0.1, 0.15) is 23.3 Å². The number of nitrogens with zero attached hydrogens (tertiary/aromatic N) is 1. The molecule has 1 heterocycles. The van der Waals surface area contributed by atoms with Gasteiger partial charge in [-0.05, 0) is 56.5 Å². The van der Waals surface area contributed by atoms with Gasteiger partial charge >= 0.3 is 7.60 Å². The lowest BCUT2D eigenvalue weighted by Crippen LogP contribution is -2.48. The van der Waals surface area contributed by atoms with Gasteiger partial charge in [0.25, 0.3) is 5.91 Å². The molecule has 1 aliphatic heterocycles. The zero-order valence-electron chi connectivity index (χ0n) is 19.0. The van der Waals surface area contributed by atoms with Crippen LogP contribution in [-0.2, 0) is 9.36 Å². The third-order valence-electron chi connectivity index (χ3n) is 5.80. The molecule has 1 saturated heterocycles. The summed E-state index contributed by atoms with van der Waals surface area (Å²) in [6.45, 7) is 0.870. The molecule has 0 spiro atoms. The first-order valence-corrected chi connectivity index (χ1v) is 13.2. The smallest absolute Gasteiger partial charge is 0.347 e. The molecule has 10 heteroatoms. The fraction of sp³-hybridized carbons (Fsp3) is 0.417. The number of para-hydroxylation sites is 2. The number of unbranched alkanes of at least 4 members (excludes halogenated alkanes) is 2. The van der Waals surface area contributed by atoms with Crippen LogP contribution in [0, 0.1) is 0 Å². The van der Waals surface area contributed by atoms with Crippen molar-refractivity contribution in [3.63, 3.8) is 0 Å². The second-order valence-corrected chi connectivity index (χ2v) is 10.1. The third kappa shape index (κ3) is 6.90. The van der Waals surface area contributed by atoms with Crippen molar-refractivity contribution in [2.45, 2.75) is 50.3 Å². The van der Waals surface area contributed by atoms with Gasteiger partial charge in [0.15, 0.2) is 0 Å². The molecule has 0 saturated carbocycles. The largest absolute Gasteiger partial charge is 0.457 e. The highest BCUT2D eigenvalue weighted by Crippen LogP contribution is 2.42. The number of carbonyl (C=O) groups excluding carboxylic acids is 2. The van der Waals surface area contributed by atoms with Crippen LogP contribution in [0.4, 0.5) is 0 Å². The maximum atomic E-state index is 13.4. The normalized spacial score (nSPS) is 16.8. The van der Waals surface area contributed by atoms with Crippen molar-refractivity contribution in [3.8, 4) is 11.5 Å². The predicted molar refractivity (Wildman–Crippen MR) is 129 cm³/mol. The van der Waals surface area contributed by atoms with Crippen LogP contribution in [0.1, 0.15) is 48.9 Å². The van der Waals surface area contributed by atoms with E-state index in [-0.39, 0.29) is 12.3 Å². The zero-order chi connectivity index (χ0) is 24.6. The van der Waals surface area contributed by atoms with Crippen LogP contribution in [0.2, 0.25) is 0 Å². The summed E-state index contributed by atoms with van der Waals surface area (Å²) in [7, 11) is -4.55. The second kappa shape index (κ2) is 12.1. The maximum absolute atomic E-state index is 13.4. The van der Waals surface area contributed by atoms with E-state index in [0.717, 1.165) is 12.8 Å². The fourth-order valence-electron chi connectivity index (χ4n) is 4.03. The predicted octanol–water partition coefficient (Wildman–Crippen LogP) is 3.22. The third-order valence-corrected chi connectivity index (χ3v) is 7.00. The minimum Gasteiger partial charge on any atom is -0.457 e. The van der Waals surface area contributed by atoms with Crippen LogP contribution in [0.5, 0.6) is 11.5 Å². The number of ether oxygens (including phenoxy) is 1. The van der Waals surface area contributed by atoms with Crippen molar-refractivity contribution in [2.75, 3.05) is 13.1 Å². The molecule has 1 aliphatic rings. The molecule has 0 radical (unpaired) electrons. The first-order valence-electron chi connectivity index (χ1n) is 11.5. The van der Waals surface area contributed by atoms with E-state index >= 15 is 0 Å². The van der Waals surface area contributed by atoms with E-state index in [1.165, 1.54) is 4.90 Å². The average Bonchev–Trinajstić information content (AvgIpc) is 3.31. The van der Waals surface area contributed by atoms with E-state index in [1.807, 2.05) is 18.2 Å². The van der Waals surface area contributed by atoms with E-state index in [9.17, 15) is 23.9 Å². The molecular formula is C24H32N3O6P. The summed E-state index contributed by atoms with van der Waals surface area (Å²) in [5, 5.41) is 2.51. The Balaban J connectivity index is 1.72. The van der Waals surface area contributed by atoms with E-state index < -0.39 is 25.3 Å². The summed E-state index contributed by atoms with van der Waals surface area (Å²) in [6, 6.07) is 15.1. The van der Waals surface area contributed by atoms with Crippen LogP contribution < -0.4 is 15.8 Å². The molecular weight excluding hydrogens is 457 g/mol. The Morgan fingerprint density at radius 3 is 2.50 bits per heavy atom. The summed E-state index contributed by atoms with van der Waals surface area (Å²) in [6.07, 6.45) is 3.17. The van der Waals surface area contributed by atoms with Gasteiger partial charge in [-0.1, -0.05) is 43.2 Å². The van der Waals surface area contributed by atoms with Gasteiger partial charge in [-0.3, -0.25) is 14.2 Å². The standard InChI is InChI=1S/C24H32N3O6P/c25-16-8-2-5-15-22(34(30,31)32)26-23(28)20-13-9-17-27(20)24(29)19-12-6-7-14-21(19)33-18-10-3-1-4-11-18/h1,3-4,6-7,10-12,14,20,22H,2,5,8-9,13,15-17,25H2,(H,26,28)(H2,30,31,32). The molecule has 0 bridgehead atoms. The average molecular weight is 490 g/mol. The van der Waals surface area contributed by atoms with Gasteiger partial charge in [0.05, 0.1) is 5.56 Å². The summed E-state index contributed by atoms with van der Waals surface area (Å²) in [5.41, 5.74) is 5.79. The first-order chi connectivity index (χ1) is 16.3. The van der Waals surface area contributed by atoms with Crippen LogP contribution in [-0.4, -0.2) is 51.4 Å². The molecule has 3 rings (SSSR count). The maximum Gasteiger partial charge on any atom is 0.347 e. The van der Waals surface area contributed by atoms with E-state index in [4.69, 9.17) is 10.5 Å². The monoisotopic (exact) mass is 489 g/mol. The molecule has 34 heavy (non-hydrogen) atoms. The van der Waals surface area contributed by atoms with E-state index in [2.05, 4.69) is 5.32 Å². The van der Waals surface area contributed by atoms with Gasteiger partial charge in [-0.15, -0.1) is 0 Å². The highest BCUT2D eigenvalue weighted by atomic mass is 31.2. The van der Waals surface area contributed by atoms with Gasteiger partial charge in [-0.25, -0.2) is 0 Å². The summed E-state index contributed by atoms with van der Waals surface area (Å²) >= 11 is 0. The SMILES string of the molecule is NCCCCCC(NC(=O)C1CCCN1C(=O)c1ccccc1Oc1ccccc1)P(=O)(O)O. The zero-order valence-corrected chi connectivity index (χ0v) is 19.9. The molecule has 1 fully saturated rings. The summed E-state index contributed by atoms with van der Waals surface area (Å²) < 4.78 is 17.9. The van der Waals surface area contributed by atoms with Crippen molar-refractivity contribution in [1.82, 2.24) is 10.2 Å². The molecule has 9 nitrogen and oxygen atoms in total. The number of benzene rings is 2. The number of amides is 2. The quantitative estimate of drug-likeness (QED) is 0.280.